The van der Waals surface area contributed by atoms with Crippen molar-refractivity contribution in [2.45, 2.75) is 27.7 Å². The van der Waals surface area contributed by atoms with Gasteiger partial charge in [0.15, 0.2) is 0 Å². The van der Waals surface area contributed by atoms with E-state index in [0.29, 0.717) is 32.8 Å². The van der Waals surface area contributed by atoms with Gasteiger partial charge in [-0.05, 0) is 13.6 Å². The van der Waals surface area contributed by atoms with Gasteiger partial charge in [0.1, 0.15) is 0 Å². The van der Waals surface area contributed by atoms with E-state index in [2.05, 4.69) is 38.3 Å². The second-order valence-electron chi connectivity index (χ2n) is 6.33. The molecule has 0 saturated heterocycles. The van der Waals surface area contributed by atoms with Crippen molar-refractivity contribution in [2.75, 3.05) is 39.9 Å². The summed E-state index contributed by atoms with van der Waals surface area (Å²) in [6.45, 7) is 11.1. The summed E-state index contributed by atoms with van der Waals surface area (Å²) in [6.07, 6.45) is 0. The van der Waals surface area contributed by atoms with Crippen LogP contribution < -0.4 is 16.4 Å². The number of rotatable bonds is 9. The van der Waals surface area contributed by atoms with Crippen molar-refractivity contribution in [1.29, 1.82) is 0 Å². The first-order valence-corrected chi connectivity index (χ1v) is 6.41. The summed E-state index contributed by atoms with van der Waals surface area (Å²) in [5.74, 6) is 0.00728. The highest BCUT2D eigenvalue weighted by Gasteiger charge is 2.22. The van der Waals surface area contributed by atoms with Crippen molar-refractivity contribution in [3.05, 3.63) is 0 Å². The monoisotopic (exact) mass is 259 g/mol. The third-order valence-electron chi connectivity index (χ3n) is 2.64. The number of hydrogen-bond donors (Lipinski definition) is 3. The molecule has 5 nitrogen and oxygen atoms in total. The van der Waals surface area contributed by atoms with Gasteiger partial charge in [0.25, 0.3) is 0 Å². The highest BCUT2D eigenvalue weighted by molar-refractivity contribution is 5.77. The van der Waals surface area contributed by atoms with Gasteiger partial charge in [-0.15, -0.1) is 0 Å². The van der Waals surface area contributed by atoms with E-state index in [1.165, 1.54) is 0 Å². The van der Waals surface area contributed by atoms with Gasteiger partial charge in [-0.3, -0.25) is 4.79 Å². The number of carbonyl (C=O) groups is 1. The van der Waals surface area contributed by atoms with E-state index in [1.54, 1.807) is 7.05 Å². The Hall–Kier alpha value is -0.650. The quantitative estimate of drug-likeness (QED) is 0.558. The van der Waals surface area contributed by atoms with Crippen LogP contribution in [0.3, 0.4) is 0 Å². The summed E-state index contributed by atoms with van der Waals surface area (Å²) in [7, 11) is 1.75. The minimum atomic E-state index is -0.0753. The first-order valence-electron chi connectivity index (χ1n) is 6.41. The number of likely N-dealkylation sites (N-methyl/N-ethyl adjacent to an activating group) is 1. The summed E-state index contributed by atoms with van der Waals surface area (Å²) >= 11 is 0. The number of amides is 1. The molecule has 0 atom stereocenters. The molecule has 0 bridgehead atoms. The molecule has 1 amide bonds. The summed E-state index contributed by atoms with van der Waals surface area (Å²) in [5, 5.41) is 5.70. The Morgan fingerprint density at radius 2 is 1.72 bits per heavy atom. The van der Waals surface area contributed by atoms with Crippen molar-refractivity contribution in [3.8, 4) is 0 Å². The highest BCUT2D eigenvalue weighted by atomic mass is 16.5. The van der Waals surface area contributed by atoms with Crippen LogP contribution >= 0.6 is 0 Å². The average molecular weight is 259 g/mol. The van der Waals surface area contributed by atoms with Crippen molar-refractivity contribution in [1.82, 2.24) is 10.6 Å². The lowest BCUT2D eigenvalue weighted by Gasteiger charge is -2.28. The molecule has 0 heterocycles. The lowest BCUT2D eigenvalue weighted by molar-refractivity contribution is -0.120. The topological polar surface area (TPSA) is 76.4 Å². The van der Waals surface area contributed by atoms with Crippen LogP contribution in [0.1, 0.15) is 27.7 Å². The van der Waals surface area contributed by atoms with E-state index in [1.807, 2.05) is 0 Å². The number of ether oxygens (including phenoxy) is 1. The molecule has 0 aromatic rings. The van der Waals surface area contributed by atoms with E-state index in [9.17, 15) is 4.79 Å². The third-order valence-corrected chi connectivity index (χ3v) is 2.64. The van der Waals surface area contributed by atoms with Gasteiger partial charge < -0.3 is 21.1 Å². The van der Waals surface area contributed by atoms with Gasteiger partial charge in [-0.25, -0.2) is 0 Å². The average Bonchev–Trinajstić information content (AvgIpc) is 2.26. The second kappa shape index (κ2) is 7.71. The maximum Gasteiger partial charge on any atom is 0.233 e. The molecule has 0 fully saturated rings. The third kappa shape index (κ3) is 8.44. The molecule has 0 spiro atoms. The fourth-order valence-corrected chi connectivity index (χ4v) is 1.27. The van der Waals surface area contributed by atoms with Crippen molar-refractivity contribution >= 4 is 5.91 Å². The molecule has 0 aromatic heterocycles. The Morgan fingerprint density at radius 1 is 1.17 bits per heavy atom. The second-order valence-corrected chi connectivity index (χ2v) is 6.33. The molecule has 0 rings (SSSR count). The predicted molar refractivity (Wildman–Crippen MR) is 74.4 cm³/mol. The predicted octanol–water partition coefficient (Wildman–Crippen LogP) is 0.350. The number of nitrogens with two attached hydrogens (primary N) is 1. The molecule has 0 radical (unpaired) electrons. The van der Waals surface area contributed by atoms with Crippen LogP contribution in [0, 0.1) is 10.8 Å². The summed E-state index contributed by atoms with van der Waals surface area (Å²) in [6, 6.07) is 0. The molecule has 0 aliphatic carbocycles. The fourth-order valence-electron chi connectivity index (χ4n) is 1.27. The first-order chi connectivity index (χ1) is 8.22. The summed E-state index contributed by atoms with van der Waals surface area (Å²) in [4.78, 5) is 11.3. The van der Waals surface area contributed by atoms with E-state index in [4.69, 9.17) is 10.5 Å². The van der Waals surface area contributed by atoms with Gasteiger partial charge in [-0.2, -0.15) is 0 Å². The minimum Gasteiger partial charge on any atom is -0.380 e. The van der Waals surface area contributed by atoms with Gasteiger partial charge in [-0.1, -0.05) is 27.7 Å². The van der Waals surface area contributed by atoms with Crippen LogP contribution in [0.5, 0.6) is 0 Å². The molecule has 0 aromatic carbocycles. The SMILES string of the molecule is CNCC(=O)NCC(C)(C)COCC(C)(C)CN. The van der Waals surface area contributed by atoms with E-state index in [0.717, 1.165) is 0 Å². The Morgan fingerprint density at radius 3 is 2.22 bits per heavy atom. The van der Waals surface area contributed by atoms with E-state index >= 15 is 0 Å². The van der Waals surface area contributed by atoms with Crippen LogP contribution in [0.15, 0.2) is 0 Å². The number of carbonyl (C=O) groups excluding carboxylic acids is 1. The smallest absolute Gasteiger partial charge is 0.233 e. The van der Waals surface area contributed by atoms with E-state index < -0.39 is 0 Å². The molecule has 4 N–H and O–H groups in total. The maximum absolute atomic E-state index is 11.3. The molecular weight excluding hydrogens is 230 g/mol. The number of nitrogens with one attached hydrogen (secondary N) is 2. The molecular formula is C13H29N3O2. The van der Waals surface area contributed by atoms with Gasteiger partial charge in [0.05, 0.1) is 19.8 Å². The van der Waals surface area contributed by atoms with Gasteiger partial charge >= 0.3 is 0 Å². The van der Waals surface area contributed by atoms with Crippen LogP contribution in [0.25, 0.3) is 0 Å². The molecule has 0 aliphatic rings. The Balaban J connectivity index is 3.90. The van der Waals surface area contributed by atoms with Crippen LogP contribution in [0.4, 0.5) is 0 Å². The molecule has 108 valence electrons. The van der Waals surface area contributed by atoms with E-state index in [-0.39, 0.29) is 16.7 Å². The minimum absolute atomic E-state index is 0.00542. The largest absolute Gasteiger partial charge is 0.380 e. The molecule has 0 saturated carbocycles. The summed E-state index contributed by atoms with van der Waals surface area (Å²) < 4.78 is 5.70. The van der Waals surface area contributed by atoms with Crippen LogP contribution in [-0.2, 0) is 9.53 Å². The summed E-state index contributed by atoms with van der Waals surface area (Å²) in [5.41, 5.74) is 5.57. The molecule has 5 heteroatoms. The zero-order chi connectivity index (χ0) is 14.2. The van der Waals surface area contributed by atoms with Crippen LogP contribution in [0.2, 0.25) is 0 Å². The zero-order valence-corrected chi connectivity index (χ0v) is 12.4. The van der Waals surface area contributed by atoms with Crippen LogP contribution in [-0.4, -0.2) is 45.8 Å². The fraction of sp³-hybridized carbons (Fsp3) is 0.923. The van der Waals surface area contributed by atoms with Crippen molar-refractivity contribution in [3.63, 3.8) is 0 Å². The lowest BCUT2D eigenvalue weighted by Crippen LogP contribution is -2.41. The Bertz CT molecular complexity index is 253. The Labute approximate surface area is 111 Å². The van der Waals surface area contributed by atoms with Gasteiger partial charge in [0.2, 0.25) is 5.91 Å². The van der Waals surface area contributed by atoms with Crippen molar-refractivity contribution in [2.24, 2.45) is 16.6 Å². The standard InChI is InChI=1S/C13H29N3O2/c1-12(2,7-14)9-18-10-13(3,4)8-16-11(17)6-15-5/h15H,6-10,14H2,1-5H3,(H,16,17). The Kier molecular flexibility index (Phi) is 7.43. The van der Waals surface area contributed by atoms with Gasteiger partial charge in [0, 0.05) is 17.4 Å². The first kappa shape index (κ1) is 17.4. The normalized spacial score (nSPS) is 12.6. The van der Waals surface area contributed by atoms with Crippen molar-refractivity contribution < 1.29 is 9.53 Å². The molecule has 0 aliphatic heterocycles. The molecule has 18 heavy (non-hydrogen) atoms. The zero-order valence-electron chi connectivity index (χ0n) is 12.4. The molecule has 0 unspecified atom stereocenters. The maximum atomic E-state index is 11.3. The number of hydrogen-bond acceptors (Lipinski definition) is 4. The lowest BCUT2D eigenvalue weighted by atomic mass is 9.93. The highest BCUT2D eigenvalue weighted by Crippen LogP contribution is 2.18.